The van der Waals surface area contributed by atoms with Crippen molar-refractivity contribution in [2.24, 2.45) is 0 Å². The Balaban J connectivity index is 1.58. The molecule has 5 heteroatoms. The van der Waals surface area contributed by atoms with Gasteiger partial charge in [0, 0.05) is 16.6 Å². The Morgan fingerprint density at radius 1 is 1.11 bits per heavy atom. The summed E-state index contributed by atoms with van der Waals surface area (Å²) in [6.07, 6.45) is 8.24. The van der Waals surface area contributed by atoms with Crippen molar-refractivity contribution >= 4 is 17.4 Å². The van der Waals surface area contributed by atoms with Crippen LogP contribution in [0.4, 0.5) is 5.69 Å². The fourth-order valence-electron chi connectivity index (χ4n) is 2.46. The molecular weight excluding hydrogens is 256 g/mol. The number of nitrogens with one attached hydrogen (secondary N) is 2. The van der Waals surface area contributed by atoms with Gasteiger partial charge < -0.3 is 5.32 Å². The first-order chi connectivity index (χ1) is 9.40. The van der Waals surface area contributed by atoms with Gasteiger partial charge in [0.15, 0.2) is 5.16 Å². The van der Waals surface area contributed by atoms with Crippen molar-refractivity contribution < 1.29 is 0 Å². The minimum atomic E-state index is 0.654. The molecule has 2 aromatic rings. The zero-order chi connectivity index (χ0) is 12.9. The fourth-order valence-corrected chi connectivity index (χ4v) is 3.15. The predicted octanol–water partition coefficient (Wildman–Crippen LogP) is 3.70. The van der Waals surface area contributed by atoms with E-state index in [1.807, 2.05) is 0 Å². The lowest BCUT2D eigenvalue weighted by Crippen LogP contribution is -2.22. The first-order valence-electron chi connectivity index (χ1n) is 6.80. The number of rotatable bonds is 4. The second-order valence-electron chi connectivity index (χ2n) is 4.90. The molecule has 1 aromatic heterocycles. The summed E-state index contributed by atoms with van der Waals surface area (Å²) in [4.78, 5) is 5.28. The van der Waals surface area contributed by atoms with Crippen LogP contribution >= 0.6 is 11.8 Å². The van der Waals surface area contributed by atoms with Gasteiger partial charge >= 0.3 is 0 Å². The van der Waals surface area contributed by atoms with Crippen molar-refractivity contribution in [2.75, 3.05) is 5.32 Å². The summed E-state index contributed by atoms with van der Waals surface area (Å²) in [5.74, 6) is 0. The number of H-pyrrole nitrogens is 1. The third-order valence-corrected chi connectivity index (χ3v) is 4.34. The molecule has 1 heterocycles. The monoisotopic (exact) mass is 274 g/mol. The minimum Gasteiger partial charge on any atom is -0.382 e. The largest absolute Gasteiger partial charge is 0.382 e. The standard InChI is InChI=1S/C14H18N4S/c1-2-4-11(5-3-1)17-12-6-8-13(9-7-12)19-14-15-10-16-18-14/h6-11,17H,1-5H2,(H,15,16,18). The van der Waals surface area contributed by atoms with E-state index < -0.39 is 0 Å². The molecule has 0 radical (unpaired) electrons. The van der Waals surface area contributed by atoms with Gasteiger partial charge in [-0.3, -0.25) is 5.10 Å². The minimum absolute atomic E-state index is 0.654. The molecule has 0 bridgehead atoms. The van der Waals surface area contributed by atoms with E-state index in [1.165, 1.54) is 49.0 Å². The van der Waals surface area contributed by atoms with Crippen LogP contribution in [0.5, 0.6) is 0 Å². The van der Waals surface area contributed by atoms with Crippen LogP contribution < -0.4 is 5.32 Å². The molecule has 100 valence electrons. The van der Waals surface area contributed by atoms with Gasteiger partial charge in [0.1, 0.15) is 6.33 Å². The van der Waals surface area contributed by atoms with E-state index in [1.54, 1.807) is 11.8 Å². The SMILES string of the molecule is c1n[nH]c(Sc2ccc(NC3CCCCC3)cc2)n1. The smallest absolute Gasteiger partial charge is 0.188 e. The zero-order valence-electron chi connectivity index (χ0n) is 10.8. The fraction of sp³-hybridized carbons (Fsp3) is 0.429. The second kappa shape index (κ2) is 6.10. The van der Waals surface area contributed by atoms with Gasteiger partial charge in [-0.2, -0.15) is 5.10 Å². The Bertz CT molecular complexity index is 489. The normalized spacial score (nSPS) is 16.4. The number of aromatic amines is 1. The first kappa shape index (κ1) is 12.5. The summed E-state index contributed by atoms with van der Waals surface area (Å²) in [6.45, 7) is 0. The van der Waals surface area contributed by atoms with Crippen molar-refractivity contribution in [2.45, 2.75) is 48.2 Å². The maximum atomic E-state index is 4.11. The summed E-state index contributed by atoms with van der Waals surface area (Å²) >= 11 is 1.59. The van der Waals surface area contributed by atoms with Crippen LogP contribution in [0.15, 0.2) is 40.6 Å². The number of nitrogens with zero attached hydrogens (tertiary/aromatic N) is 2. The van der Waals surface area contributed by atoms with Gasteiger partial charge in [-0.1, -0.05) is 31.0 Å². The molecule has 1 aliphatic carbocycles. The second-order valence-corrected chi connectivity index (χ2v) is 5.96. The topological polar surface area (TPSA) is 53.6 Å². The van der Waals surface area contributed by atoms with Crippen LogP contribution in [-0.2, 0) is 0 Å². The lowest BCUT2D eigenvalue weighted by Gasteiger charge is -2.23. The average Bonchev–Trinajstić information content (AvgIpc) is 2.95. The molecule has 0 atom stereocenters. The van der Waals surface area contributed by atoms with E-state index in [2.05, 4.69) is 44.8 Å². The summed E-state index contributed by atoms with van der Waals surface area (Å²) in [7, 11) is 0. The first-order valence-corrected chi connectivity index (χ1v) is 7.61. The van der Waals surface area contributed by atoms with Crippen molar-refractivity contribution in [3.63, 3.8) is 0 Å². The molecule has 0 unspecified atom stereocenters. The van der Waals surface area contributed by atoms with Crippen molar-refractivity contribution in [3.8, 4) is 0 Å². The van der Waals surface area contributed by atoms with E-state index in [0.29, 0.717) is 6.04 Å². The lowest BCUT2D eigenvalue weighted by molar-refractivity contribution is 0.463. The Morgan fingerprint density at radius 2 is 1.89 bits per heavy atom. The highest BCUT2D eigenvalue weighted by molar-refractivity contribution is 7.99. The maximum absolute atomic E-state index is 4.11. The summed E-state index contributed by atoms with van der Waals surface area (Å²) in [5.41, 5.74) is 1.22. The quantitative estimate of drug-likeness (QED) is 0.892. The van der Waals surface area contributed by atoms with Crippen LogP contribution in [0, 0.1) is 0 Å². The van der Waals surface area contributed by atoms with Crippen molar-refractivity contribution in [1.29, 1.82) is 0 Å². The van der Waals surface area contributed by atoms with E-state index in [-0.39, 0.29) is 0 Å². The number of hydrogen-bond donors (Lipinski definition) is 2. The molecular formula is C14H18N4S. The highest BCUT2D eigenvalue weighted by Crippen LogP contribution is 2.26. The molecule has 4 nitrogen and oxygen atoms in total. The highest BCUT2D eigenvalue weighted by atomic mass is 32.2. The molecule has 2 N–H and O–H groups in total. The molecule has 0 saturated heterocycles. The highest BCUT2D eigenvalue weighted by Gasteiger charge is 2.12. The average molecular weight is 274 g/mol. The molecule has 1 fully saturated rings. The molecule has 0 aliphatic heterocycles. The summed E-state index contributed by atoms with van der Waals surface area (Å²) in [5, 5.41) is 11.1. The van der Waals surface area contributed by atoms with Crippen molar-refractivity contribution in [1.82, 2.24) is 15.2 Å². The Labute approximate surface area is 117 Å². The molecule has 0 amide bonds. The van der Waals surface area contributed by atoms with Crippen LogP contribution in [0.2, 0.25) is 0 Å². The van der Waals surface area contributed by atoms with Gasteiger partial charge in [-0.05, 0) is 37.1 Å². The van der Waals surface area contributed by atoms with Crippen LogP contribution in [0.3, 0.4) is 0 Å². The van der Waals surface area contributed by atoms with Gasteiger partial charge in [-0.15, -0.1) is 0 Å². The van der Waals surface area contributed by atoms with Crippen LogP contribution in [-0.4, -0.2) is 21.2 Å². The molecule has 1 saturated carbocycles. The number of hydrogen-bond acceptors (Lipinski definition) is 4. The third-order valence-electron chi connectivity index (χ3n) is 3.44. The molecule has 1 aromatic carbocycles. The lowest BCUT2D eigenvalue weighted by atomic mass is 9.95. The predicted molar refractivity (Wildman–Crippen MR) is 77.4 cm³/mol. The number of aromatic nitrogens is 3. The van der Waals surface area contributed by atoms with Gasteiger partial charge in [0.05, 0.1) is 0 Å². The van der Waals surface area contributed by atoms with Gasteiger partial charge in [0.2, 0.25) is 0 Å². The van der Waals surface area contributed by atoms with Gasteiger partial charge in [-0.25, -0.2) is 4.98 Å². The van der Waals surface area contributed by atoms with Crippen LogP contribution in [0.25, 0.3) is 0 Å². The Kier molecular flexibility index (Phi) is 4.03. The third kappa shape index (κ3) is 3.50. The zero-order valence-corrected chi connectivity index (χ0v) is 11.6. The van der Waals surface area contributed by atoms with Crippen LogP contribution in [0.1, 0.15) is 32.1 Å². The molecule has 3 rings (SSSR count). The number of benzene rings is 1. The molecule has 1 aliphatic rings. The van der Waals surface area contributed by atoms with E-state index >= 15 is 0 Å². The van der Waals surface area contributed by atoms with E-state index in [9.17, 15) is 0 Å². The maximum Gasteiger partial charge on any atom is 0.188 e. The molecule has 19 heavy (non-hydrogen) atoms. The number of anilines is 1. The van der Waals surface area contributed by atoms with Gasteiger partial charge in [0.25, 0.3) is 0 Å². The van der Waals surface area contributed by atoms with E-state index in [0.717, 1.165) is 5.16 Å². The van der Waals surface area contributed by atoms with E-state index in [4.69, 9.17) is 0 Å². The summed E-state index contributed by atoms with van der Waals surface area (Å²) < 4.78 is 0. The Hall–Kier alpha value is -1.49. The molecule has 0 spiro atoms. The summed E-state index contributed by atoms with van der Waals surface area (Å²) in [6, 6.07) is 9.19. The Morgan fingerprint density at radius 3 is 2.58 bits per heavy atom. The van der Waals surface area contributed by atoms with Crippen molar-refractivity contribution in [3.05, 3.63) is 30.6 Å².